The molecule has 0 saturated heterocycles. The SMILES string of the molecule is Cc1nnc(NC(=O)CSc2cn(Cc3ccc([N+](=O)[O-])cc3)c3ccccc23)s1. The Kier molecular flexibility index (Phi) is 5.77. The Morgan fingerprint density at radius 2 is 1.97 bits per heavy atom. The summed E-state index contributed by atoms with van der Waals surface area (Å²) in [6, 6.07) is 14.5. The van der Waals surface area contributed by atoms with Crippen LogP contribution in [0.3, 0.4) is 0 Å². The van der Waals surface area contributed by atoms with Gasteiger partial charge in [-0.2, -0.15) is 0 Å². The molecule has 2 aromatic heterocycles. The van der Waals surface area contributed by atoms with Crippen molar-refractivity contribution in [2.45, 2.75) is 18.4 Å². The molecule has 0 saturated carbocycles. The molecule has 2 heterocycles. The largest absolute Gasteiger partial charge is 0.342 e. The molecule has 0 aliphatic heterocycles. The molecule has 2 aromatic carbocycles. The van der Waals surface area contributed by atoms with Gasteiger partial charge < -0.3 is 4.57 Å². The molecular weight excluding hydrogens is 422 g/mol. The molecule has 152 valence electrons. The zero-order valence-electron chi connectivity index (χ0n) is 15.9. The Morgan fingerprint density at radius 1 is 1.20 bits per heavy atom. The molecule has 0 atom stereocenters. The number of fused-ring (bicyclic) bond motifs is 1. The number of para-hydroxylation sites is 1. The van der Waals surface area contributed by atoms with Crippen LogP contribution in [0.5, 0.6) is 0 Å². The minimum absolute atomic E-state index is 0.0731. The van der Waals surface area contributed by atoms with Crippen molar-refractivity contribution in [3.63, 3.8) is 0 Å². The third-order valence-corrected chi connectivity index (χ3v) is 6.18. The topological polar surface area (TPSA) is 103 Å². The number of carbonyl (C=O) groups is 1. The smallest absolute Gasteiger partial charge is 0.269 e. The Bertz CT molecular complexity index is 1220. The molecule has 0 spiro atoms. The van der Waals surface area contributed by atoms with E-state index in [1.54, 1.807) is 12.1 Å². The number of anilines is 1. The molecule has 4 rings (SSSR count). The number of rotatable bonds is 7. The summed E-state index contributed by atoms with van der Waals surface area (Å²) in [5.74, 6) is 0.118. The molecular formula is C20H17N5O3S2. The third-order valence-electron chi connectivity index (χ3n) is 4.38. The number of non-ortho nitro benzene ring substituents is 1. The van der Waals surface area contributed by atoms with E-state index >= 15 is 0 Å². The van der Waals surface area contributed by atoms with Crippen molar-refractivity contribution in [2.24, 2.45) is 0 Å². The van der Waals surface area contributed by atoms with E-state index in [0.29, 0.717) is 11.7 Å². The monoisotopic (exact) mass is 439 g/mol. The first-order valence-electron chi connectivity index (χ1n) is 9.03. The summed E-state index contributed by atoms with van der Waals surface area (Å²) in [5.41, 5.74) is 2.07. The summed E-state index contributed by atoms with van der Waals surface area (Å²) in [6.45, 7) is 2.41. The second-order valence-electron chi connectivity index (χ2n) is 6.53. The second-order valence-corrected chi connectivity index (χ2v) is 8.72. The number of nitrogens with one attached hydrogen (secondary N) is 1. The van der Waals surface area contributed by atoms with E-state index in [-0.39, 0.29) is 17.3 Å². The van der Waals surface area contributed by atoms with Crippen LogP contribution in [0.4, 0.5) is 10.8 Å². The lowest BCUT2D eigenvalue weighted by atomic mass is 10.2. The number of nitrogens with zero attached hydrogens (tertiary/aromatic N) is 4. The first-order valence-corrected chi connectivity index (χ1v) is 10.8. The van der Waals surface area contributed by atoms with Gasteiger partial charge in [0.2, 0.25) is 11.0 Å². The minimum atomic E-state index is -0.405. The maximum Gasteiger partial charge on any atom is 0.269 e. The van der Waals surface area contributed by atoms with Crippen molar-refractivity contribution < 1.29 is 9.72 Å². The van der Waals surface area contributed by atoms with Crippen LogP contribution < -0.4 is 5.32 Å². The maximum atomic E-state index is 12.3. The number of hydrogen-bond acceptors (Lipinski definition) is 7. The predicted octanol–water partition coefficient (Wildman–Crippen LogP) is 4.49. The molecule has 0 unspecified atom stereocenters. The van der Waals surface area contributed by atoms with Crippen LogP contribution in [0.15, 0.2) is 59.6 Å². The number of aryl methyl sites for hydroxylation is 1. The molecule has 10 heteroatoms. The molecule has 0 bridgehead atoms. The molecule has 0 radical (unpaired) electrons. The Morgan fingerprint density at radius 3 is 2.67 bits per heavy atom. The van der Waals surface area contributed by atoms with Crippen LogP contribution in [0.2, 0.25) is 0 Å². The number of amides is 1. The van der Waals surface area contributed by atoms with E-state index in [1.807, 2.05) is 37.4 Å². The van der Waals surface area contributed by atoms with Crippen molar-refractivity contribution in [1.29, 1.82) is 0 Å². The Hall–Kier alpha value is -3.24. The summed E-state index contributed by atoms with van der Waals surface area (Å²) in [4.78, 5) is 23.7. The van der Waals surface area contributed by atoms with Crippen LogP contribution in [-0.2, 0) is 11.3 Å². The lowest BCUT2D eigenvalue weighted by Crippen LogP contribution is -2.13. The van der Waals surface area contributed by atoms with Gasteiger partial charge in [0.15, 0.2) is 0 Å². The lowest BCUT2D eigenvalue weighted by Gasteiger charge is -2.05. The van der Waals surface area contributed by atoms with Crippen LogP contribution in [0.25, 0.3) is 10.9 Å². The summed E-state index contributed by atoms with van der Waals surface area (Å²) < 4.78 is 2.09. The van der Waals surface area contributed by atoms with E-state index in [1.165, 1.54) is 35.2 Å². The van der Waals surface area contributed by atoms with Crippen LogP contribution in [0, 0.1) is 17.0 Å². The zero-order valence-corrected chi connectivity index (χ0v) is 17.6. The third kappa shape index (κ3) is 4.50. The van der Waals surface area contributed by atoms with Gasteiger partial charge in [-0.25, -0.2) is 0 Å². The fourth-order valence-corrected chi connectivity index (χ4v) is 4.52. The predicted molar refractivity (Wildman–Crippen MR) is 118 cm³/mol. The number of hydrogen-bond donors (Lipinski definition) is 1. The molecule has 0 aliphatic rings. The summed E-state index contributed by atoms with van der Waals surface area (Å²) >= 11 is 2.79. The normalized spacial score (nSPS) is 11.0. The fraction of sp³-hybridized carbons (Fsp3) is 0.150. The van der Waals surface area contributed by atoms with Gasteiger partial charge in [0.1, 0.15) is 5.01 Å². The van der Waals surface area contributed by atoms with E-state index in [4.69, 9.17) is 0 Å². The molecule has 1 N–H and O–H groups in total. The Labute approximate surface area is 180 Å². The van der Waals surface area contributed by atoms with Crippen molar-refractivity contribution >= 4 is 50.7 Å². The van der Waals surface area contributed by atoms with Gasteiger partial charge in [0.05, 0.1) is 10.7 Å². The van der Waals surface area contributed by atoms with Gasteiger partial charge in [0.25, 0.3) is 5.69 Å². The van der Waals surface area contributed by atoms with Gasteiger partial charge in [-0.3, -0.25) is 20.2 Å². The average molecular weight is 440 g/mol. The first kappa shape index (κ1) is 20.0. The Balaban J connectivity index is 1.50. The highest BCUT2D eigenvalue weighted by Gasteiger charge is 2.13. The van der Waals surface area contributed by atoms with Crippen molar-refractivity contribution in [1.82, 2.24) is 14.8 Å². The number of nitro groups is 1. The highest BCUT2D eigenvalue weighted by molar-refractivity contribution is 8.00. The molecule has 1 amide bonds. The van der Waals surface area contributed by atoms with Crippen molar-refractivity contribution in [2.75, 3.05) is 11.1 Å². The lowest BCUT2D eigenvalue weighted by molar-refractivity contribution is -0.384. The van der Waals surface area contributed by atoms with E-state index < -0.39 is 4.92 Å². The summed E-state index contributed by atoms with van der Waals surface area (Å²) in [7, 11) is 0. The molecule has 0 fully saturated rings. The van der Waals surface area contributed by atoms with Crippen LogP contribution in [-0.4, -0.2) is 31.3 Å². The van der Waals surface area contributed by atoms with Gasteiger partial charge in [-0.05, 0) is 18.6 Å². The van der Waals surface area contributed by atoms with E-state index in [2.05, 4.69) is 20.1 Å². The highest BCUT2D eigenvalue weighted by Crippen LogP contribution is 2.31. The first-order chi connectivity index (χ1) is 14.5. The van der Waals surface area contributed by atoms with Gasteiger partial charge in [-0.15, -0.1) is 22.0 Å². The van der Waals surface area contributed by atoms with Crippen LogP contribution >= 0.6 is 23.1 Å². The number of thioether (sulfide) groups is 1. The molecule has 8 nitrogen and oxygen atoms in total. The van der Waals surface area contributed by atoms with Gasteiger partial charge in [0, 0.05) is 40.7 Å². The minimum Gasteiger partial charge on any atom is -0.342 e. The summed E-state index contributed by atoms with van der Waals surface area (Å²) in [6.07, 6.45) is 2.01. The molecule has 30 heavy (non-hydrogen) atoms. The second kappa shape index (κ2) is 8.64. The molecule has 0 aliphatic carbocycles. The van der Waals surface area contributed by atoms with Crippen molar-refractivity contribution in [3.8, 4) is 0 Å². The van der Waals surface area contributed by atoms with Gasteiger partial charge >= 0.3 is 0 Å². The highest BCUT2D eigenvalue weighted by atomic mass is 32.2. The fourth-order valence-electron chi connectivity index (χ4n) is 3.02. The number of carbonyl (C=O) groups excluding carboxylic acids is 1. The zero-order chi connectivity index (χ0) is 21.1. The van der Waals surface area contributed by atoms with Crippen LogP contribution in [0.1, 0.15) is 10.6 Å². The average Bonchev–Trinajstić information content (AvgIpc) is 3.30. The quantitative estimate of drug-likeness (QED) is 0.259. The maximum absolute atomic E-state index is 12.3. The van der Waals surface area contributed by atoms with E-state index in [0.717, 1.165) is 26.4 Å². The standard InChI is InChI=1S/C20H17N5O3S2/c1-13-22-23-20(30-13)21-19(26)12-29-18-11-24(17-5-3-2-4-16(17)18)10-14-6-8-15(9-7-14)25(27)28/h2-9,11H,10,12H2,1H3,(H,21,23,26). The number of nitro benzene ring substituents is 1. The van der Waals surface area contributed by atoms with E-state index in [9.17, 15) is 14.9 Å². The summed E-state index contributed by atoms with van der Waals surface area (Å²) in [5, 5.41) is 23.8. The van der Waals surface area contributed by atoms with Crippen molar-refractivity contribution in [3.05, 3.63) is 75.4 Å². The van der Waals surface area contributed by atoms with Gasteiger partial charge in [-0.1, -0.05) is 41.7 Å². The number of benzene rings is 2. The molecule has 4 aromatic rings. The number of aromatic nitrogens is 3.